The molecule has 4 heteroatoms. The molecule has 0 saturated carbocycles. The molecule has 0 unspecified atom stereocenters. The van der Waals surface area contributed by atoms with E-state index in [1.165, 1.54) is 0 Å². The van der Waals surface area contributed by atoms with E-state index in [9.17, 15) is 0 Å². The lowest BCUT2D eigenvalue weighted by Gasteiger charge is -2.05. The highest BCUT2D eigenvalue weighted by Crippen LogP contribution is 2.11. The molecule has 0 radical (unpaired) electrons. The number of hydrogen-bond donors (Lipinski definition) is 0. The summed E-state index contributed by atoms with van der Waals surface area (Å²) >= 11 is 0. The fourth-order valence-electron chi connectivity index (χ4n) is 1.18. The van der Waals surface area contributed by atoms with E-state index in [-0.39, 0.29) is 0 Å². The summed E-state index contributed by atoms with van der Waals surface area (Å²) < 4.78 is 1.66. The van der Waals surface area contributed by atoms with E-state index in [1.807, 2.05) is 18.3 Å². The van der Waals surface area contributed by atoms with Gasteiger partial charge in [-0.2, -0.15) is 5.10 Å². The first-order valence-electron chi connectivity index (χ1n) is 4.60. The van der Waals surface area contributed by atoms with Crippen LogP contribution in [0.3, 0.4) is 0 Å². The Hall–Kier alpha value is -1.71. The molecule has 0 aliphatic carbocycles. The Labute approximate surface area is 82.6 Å². The van der Waals surface area contributed by atoms with Gasteiger partial charge in [-0.1, -0.05) is 13.8 Å². The predicted octanol–water partition coefficient (Wildman–Crippen LogP) is 1.79. The van der Waals surface area contributed by atoms with Crippen LogP contribution in [-0.4, -0.2) is 19.7 Å². The summed E-state index contributed by atoms with van der Waals surface area (Å²) in [5.41, 5.74) is 1.03. The van der Waals surface area contributed by atoms with Crippen molar-refractivity contribution < 1.29 is 0 Å². The molecule has 0 atom stereocenters. The van der Waals surface area contributed by atoms with Gasteiger partial charge in [0.15, 0.2) is 0 Å². The van der Waals surface area contributed by atoms with Crippen molar-refractivity contribution >= 4 is 0 Å². The summed E-state index contributed by atoms with van der Waals surface area (Å²) in [5, 5.41) is 4.08. The number of hydrogen-bond acceptors (Lipinski definition) is 3. The molecule has 2 rings (SSSR count). The summed E-state index contributed by atoms with van der Waals surface area (Å²) in [5.74, 6) is 1.04. The maximum atomic E-state index is 4.40. The lowest BCUT2D eigenvalue weighted by atomic mass is 10.1. The molecule has 4 nitrogen and oxygen atoms in total. The summed E-state index contributed by atoms with van der Waals surface area (Å²) in [6, 6.07) is 3.78. The SMILES string of the molecule is CC(C)c1ccnc(-n2cccn2)n1. The molecule has 0 spiro atoms. The van der Waals surface area contributed by atoms with Crippen LogP contribution in [-0.2, 0) is 0 Å². The molecule has 2 aromatic heterocycles. The van der Waals surface area contributed by atoms with Gasteiger partial charge >= 0.3 is 0 Å². The third-order valence-electron chi connectivity index (χ3n) is 1.97. The molecule has 0 N–H and O–H groups in total. The van der Waals surface area contributed by atoms with Gasteiger partial charge in [0.05, 0.1) is 0 Å². The highest BCUT2D eigenvalue weighted by molar-refractivity contribution is 5.15. The van der Waals surface area contributed by atoms with Crippen LogP contribution in [0, 0.1) is 0 Å². The minimum absolute atomic E-state index is 0.410. The van der Waals surface area contributed by atoms with Crippen LogP contribution in [0.2, 0.25) is 0 Å². The summed E-state index contributed by atoms with van der Waals surface area (Å²) in [6.07, 6.45) is 5.31. The maximum Gasteiger partial charge on any atom is 0.250 e. The molecule has 0 saturated heterocycles. The van der Waals surface area contributed by atoms with E-state index in [2.05, 4.69) is 28.9 Å². The van der Waals surface area contributed by atoms with Crippen LogP contribution < -0.4 is 0 Å². The lowest BCUT2D eigenvalue weighted by Crippen LogP contribution is -2.04. The first kappa shape index (κ1) is 8.87. The second kappa shape index (κ2) is 3.57. The second-order valence-corrected chi connectivity index (χ2v) is 3.39. The lowest BCUT2D eigenvalue weighted by molar-refractivity contribution is 0.757. The summed E-state index contributed by atoms with van der Waals surface area (Å²) in [4.78, 5) is 8.56. The monoisotopic (exact) mass is 188 g/mol. The highest BCUT2D eigenvalue weighted by atomic mass is 15.3. The van der Waals surface area contributed by atoms with Gasteiger partial charge in [0, 0.05) is 24.3 Å². The van der Waals surface area contributed by atoms with Gasteiger partial charge in [-0.3, -0.25) is 0 Å². The number of aromatic nitrogens is 4. The largest absolute Gasteiger partial charge is 0.250 e. The van der Waals surface area contributed by atoms with Crippen molar-refractivity contribution in [2.45, 2.75) is 19.8 Å². The molecule has 0 aliphatic heterocycles. The van der Waals surface area contributed by atoms with Gasteiger partial charge in [-0.25, -0.2) is 14.6 Å². The van der Waals surface area contributed by atoms with Crippen molar-refractivity contribution in [2.24, 2.45) is 0 Å². The van der Waals surface area contributed by atoms with Crippen molar-refractivity contribution in [3.63, 3.8) is 0 Å². The quantitative estimate of drug-likeness (QED) is 0.721. The van der Waals surface area contributed by atoms with E-state index in [4.69, 9.17) is 0 Å². The van der Waals surface area contributed by atoms with Crippen molar-refractivity contribution in [1.29, 1.82) is 0 Å². The van der Waals surface area contributed by atoms with E-state index in [1.54, 1.807) is 17.1 Å². The fraction of sp³-hybridized carbons (Fsp3) is 0.300. The highest BCUT2D eigenvalue weighted by Gasteiger charge is 2.04. The third-order valence-corrected chi connectivity index (χ3v) is 1.97. The zero-order chi connectivity index (χ0) is 9.97. The van der Waals surface area contributed by atoms with E-state index >= 15 is 0 Å². The molecule has 72 valence electrons. The molecule has 0 bridgehead atoms. The Morgan fingerprint density at radius 3 is 2.79 bits per heavy atom. The van der Waals surface area contributed by atoms with Gasteiger partial charge in [0.25, 0.3) is 5.95 Å². The van der Waals surface area contributed by atoms with Crippen LogP contribution in [0.5, 0.6) is 0 Å². The number of nitrogens with zero attached hydrogens (tertiary/aromatic N) is 4. The Balaban J connectivity index is 2.41. The van der Waals surface area contributed by atoms with Crippen molar-refractivity contribution in [2.75, 3.05) is 0 Å². The molecule has 0 aliphatic rings. The molecule has 0 amide bonds. The normalized spacial score (nSPS) is 10.8. The van der Waals surface area contributed by atoms with Crippen LogP contribution in [0.25, 0.3) is 5.95 Å². The number of rotatable bonds is 2. The van der Waals surface area contributed by atoms with Crippen LogP contribution in [0.4, 0.5) is 0 Å². The molecular formula is C10H12N4. The minimum Gasteiger partial charge on any atom is -0.220 e. The van der Waals surface area contributed by atoms with Gasteiger partial charge in [-0.15, -0.1) is 0 Å². The van der Waals surface area contributed by atoms with Crippen LogP contribution in [0.1, 0.15) is 25.5 Å². The molecule has 2 aromatic rings. The fourth-order valence-corrected chi connectivity index (χ4v) is 1.18. The topological polar surface area (TPSA) is 43.6 Å². The van der Waals surface area contributed by atoms with E-state index in [0.717, 1.165) is 5.69 Å². The van der Waals surface area contributed by atoms with Gasteiger partial charge in [0.1, 0.15) is 0 Å². The molecule has 0 aromatic carbocycles. The smallest absolute Gasteiger partial charge is 0.220 e. The first-order chi connectivity index (χ1) is 6.77. The maximum absolute atomic E-state index is 4.40. The van der Waals surface area contributed by atoms with Gasteiger partial charge < -0.3 is 0 Å². The standard InChI is InChI=1S/C10H12N4/c1-8(2)9-4-6-11-10(13-9)14-7-3-5-12-14/h3-8H,1-2H3. The molecule has 0 fully saturated rings. The van der Waals surface area contributed by atoms with Crippen molar-refractivity contribution in [3.05, 3.63) is 36.4 Å². The van der Waals surface area contributed by atoms with E-state index < -0.39 is 0 Å². The Morgan fingerprint density at radius 2 is 2.14 bits per heavy atom. The van der Waals surface area contributed by atoms with Crippen molar-refractivity contribution in [1.82, 2.24) is 19.7 Å². The zero-order valence-electron chi connectivity index (χ0n) is 8.25. The predicted molar refractivity (Wildman–Crippen MR) is 53.2 cm³/mol. The van der Waals surface area contributed by atoms with Gasteiger partial charge in [0.2, 0.25) is 0 Å². The summed E-state index contributed by atoms with van der Waals surface area (Å²) in [6.45, 7) is 4.21. The molecular weight excluding hydrogens is 176 g/mol. The average Bonchev–Trinajstić information content (AvgIpc) is 2.71. The molecule has 2 heterocycles. The summed E-state index contributed by atoms with van der Waals surface area (Å²) in [7, 11) is 0. The van der Waals surface area contributed by atoms with Crippen molar-refractivity contribution in [3.8, 4) is 5.95 Å². The minimum atomic E-state index is 0.410. The second-order valence-electron chi connectivity index (χ2n) is 3.39. The Kier molecular flexibility index (Phi) is 2.26. The van der Waals surface area contributed by atoms with Gasteiger partial charge in [-0.05, 0) is 18.1 Å². The van der Waals surface area contributed by atoms with Crippen LogP contribution >= 0.6 is 0 Å². The first-order valence-corrected chi connectivity index (χ1v) is 4.60. The Bertz CT molecular complexity index is 406. The zero-order valence-corrected chi connectivity index (χ0v) is 8.25. The third kappa shape index (κ3) is 1.64. The molecule has 14 heavy (non-hydrogen) atoms. The Morgan fingerprint density at radius 1 is 1.29 bits per heavy atom. The van der Waals surface area contributed by atoms with E-state index in [0.29, 0.717) is 11.9 Å². The van der Waals surface area contributed by atoms with Crippen LogP contribution in [0.15, 0.2) is 30.7 Å². The average molecular weight is 188 g/mol.